The Morgan fingerprint density at radius 3 is 2.73 bits per heavy atom. The van der Waals surface area contributed by atoms with Gasteiger partial charge in [0.1, 0.15) is 11.5 Å². The Hall–Kier alpha value is -2.53. The van der Waals surface area contributed by atoms with E-state index in [9.17, 15) is 9.18 Å². The van der Waals surface area contributed by atoms with Crippen molar-refractivity contribution in [1.82, 2.24) is 9.88 Å². The van der Waals surface area contributed by atoms with E-state index < -0.39 is 0 Å². The predicted octanol–water partition coefficient (Wildman–Crippen LogP) is 4.68. The number of carbonyl (C=O) groups excluding carboxylic acids is 1. The molecule has 0 unspecified atom stereocenters. The lowest BCUT2D eigenvalue weighted by Gasteiger charge is -2.32. The zero-order chi connectivity index (χ0) is 18.1. The van der Waals surface area contributed by atoms with Crippen molar-refractivity contribution < 1.29 is 9.18 Å². The van der Waals surface area contributed by atoms with Gasteiger partial charge in [-0.25, -0.2) is 4.39 Å². The van der Waals surface area contributed by atoms with Crippen molar-refractivity contribution >= 4 is 34.1 Å². The second-order valence-electron chi connectivity index (χ2n) is 6.64. The third kappa shape index (κ3) is 3.53. The first-order valence-electron chi connectivity index (χ1n) is 8.68. The molecule has 0 aliphatic carbocycles. The van der Waals surface area contributed by atoms with Crippen molar-refractivity contribution in [2.45, 2.75) is 18.9 Å². The lowest BCUT2D eigenvalue weighted by atomic mass is 10.0. The number of hydrogen-bond donors (Lipinski definition) is 2. The number of amides is 1. The van der Waals surface area contributed by atoms with Gasteiger partial charge in [-0.2, -0.15) is 0 Å². The Morgan fingerprint density at radius 1 is 1.15 bits per heavy atom. The minimum Gasteiger partial charge on any atom is -0.382 e. The predicted molar refractivity (Wildman–Crippen MR) is 102 cm³/mol. The molecule has 1 aliphatic heterocycles. The topological polar surface area (TPSA) is 48.1 Å². The quantitative estimate of drug-likeness (QED) is 0.702. The highest BCUT2D eigenvalue weighted by Crippen LogP contribution is 2.23. The van der Waals surface area contributed by atoms with Gasteiger partial charge in [0, 0.05) is 40.7 Å². The molecule has 2 heterocycles. The molecule has 1 saturated heterocycles. The Bertz CT molecular complexity index is 947. The van der Waals surface area contributed by atoms with E-state index in [1.807, 2.05) is 29.2 Å². The third-order valence-corrected chi connectivity index (χ3v) is 5.03. The fourth-order valence-electron chi connectivity index (χ4n) is 3.43. The van der Waals surface area contributed by atoms with Gasteiger partial charge in [-0.15, -0.1) is 0 Å². The molecule has 0 spiro atoms. The number of H-pyrrole nitrogens is 1. The van der Waals surface area contributed by atoms with E-state index in [0.717, 1.165) is 29.4 Å². The van der Waals surface area contributed by atoms with Crippen LogP contribution >= 0.6 is 11.6 Å². The molecule has 1 aromatic heterocycles. The molecule has 6 heteroatoms. The van der Waals surface area contributed by atoms with Gasteiger partial charge in [0.25, 0.3) is 5.91 Å². The number of anilines is 1. The SMILES string of the molecule is O=C(c1cc2cc(Cl)ccc2[nH]1)N1CCC(Nc2cccc(F)c2)CC1. The van der Waals surface area contributed by atoms with Crippen LogP contribution in [0, 0.1) is 5.82 Å². The molecule has 1 aliphatic rings. The summed E-state index contributed by atoms with van der Waals surface area (Å²) in [5, 5.41) is 4.93. The van der Waals surface area contributed by atoms with Gasteiger partial charge in [0.05, 0.1) is 0 Å². The molecule has 2 aromatic carbocycles. The maximum absolute atomic E-state index is 13.3. The number of benzene rings is 2. The largest absolute Gasteiger partial charge is 0.382 e. The Kier molecular flexibility index (Phi) is 4.55. The summed E-state index contributed by atoms with van der Waals surface area (Å²) >= 11 is 6.01. The highest BCUT2D eigenvalue weighted by atomic mass is 35.5. The van der Waals surface area contributed by atoms with Crippen LogP contribution in [0.4, 0.5) is 10.1 Å². The number of halogens is 2. The summed E-state index contributed by atoms with van der Waals surface area (Å²) in [7, 11) is 0. The van der Waals surface area contributed by atoms with Crippen molar-refractivity contribution in [2.75, 3.05) is 18.4 Å². The molecule has 0 radical (unpaired) electrons. The number of fused-ring (bicyclic) bond motifs is 1. The summed E-state index contributed by atoms with van der Waals surface area (Å²) in [6, 6.07) is 14.1. The maximum atomic E-state index is 13.3. The Balaban J connectivity index is 1.39. The number of nitrogens with one attached hydrogen (secondary N) is 2. The van der Waals surface area contributed by atoms with Gasteiger partial charge in [-0.3, -0.25) is 4.79 Å². The van der Waals surface area contributed by atoms with Crippen molar-refractivity contribution in [3.63, 3.8) is 0 Å². The second kappa shape index (κ2) is 7.00. The second-order valence-corrected chi connectivity index (χ2v) is 7.07. The molecule has 4 nitrogen and oxygen atoms in total. The van der Waals surface area contributed by atoms with Crippen LogP contribution in [0.2, 0.25) is 5.02 Å². The number of nitrogens with zero attached hydrogens (tertiary/aromatic N) is 1. The van der Waals surface area contributed by atoms with Crippen LogP contribution in [-0.4, -0.2) is 34.9 Å². The summed E-state index contributed by atoms with van der Waals surface area (Å²) in [4.78, 5) is 17.8. The number of carbonyl (C=O) groups is 1. The summed E-state index contributed by atoms with van der Waals surface area (Å²) in [6.07, 6.45) is 1.66. The number of piperidine rings is 1. The monoisotopic (exact) mass is 371 g/mol. The minimum absolute atomic E-state index is 0.00141. The smallest absolute Gasteiger partial charge is 0.270 e. The molecule has 0 bridgehead atoms. The van der Waals surface area contributed by atoms with Crippen LogP contribution in [0.15, 0.2) is 48.5 Å². The fourth-order valence-corrected chi connectivity index (χ4v) is 3.61. The number of hydrogen-bond acceptors (Lipinski definition) is 2. The van der Waals surface area contributed by atoms with Crippen molar-refractivity contribution in [3.8, 4) is 0 Å². The molecule has 2 N–H and O–H groups in total. The van der Waals surface area contributed by atoms with Gasteiger partial charge >= 0.3 is 0 Å². The first kappa shape index (κ1) is 16.9. The van der Waals surface area contributed by atoms with Crippen molar-refractivity contribution in [3.05, 3.63) is 65.1 Å². The average Bonchev–Trinajstić information content (AvgIpc) is 3.05. The number of likely N-dealkylation sites (tertiary alicyclic amines) is 1. The molecule has 134 valence electrons. The molecule has 0 saturated carbocycles. The molecular formula is C20H19ClFN3O. The fraction of sp³-hybridized carbons (Fsp3) is 0.250. The Morgan fingerprint density at radius 2 is 1.96 bits per heavy atom. The molecule has 26 heavy (non-hydrogen) atoms. The van der Waals surface area contributed by atoms with Gasteiger partial charge in [0.2, 0.25) is 0 Å². The van der Waals surface area contributed by atoms with E-state index in [2.05, 4.69) is 10.3 Å². The van der Waals surface area contributed by atoms with Crippen molar-refractivity contribution in [2.24, 2.45) is 0 Å². The van der Waals surface area contributed by atoms with Gasteiger partial charge in [-0.1, -0.05) is 17.7 Å². The van der Waals surface area contributed by atoms with Gasteiger partial charge in [-0.05, 0) is 55.3 Å². The third-order valence-electron chi connectivity index (χ3n) is 4.79. The van der Waals surface area contributed by atoms with E-state index in [1.54, 1.807) is 12.1 Å². The van der Waals surface area contributed by atoms with E-state index in [0.29, 0.717) is 23.8 Å². The lowest BCUT2D eigenvalue weighted by molar-refractivity contribution is 0.0713. The van der Waals surface area contributed by atoms with E-state index in [1.165, 1.54) is 12.1 Å². The first-order chi connectivity index (χ1) is 12.6. The molecule has 1 amide bonds. The highest BCUT2D eigenvalue weighted by molar-refractivity contribution is 6.31. The van der Waals surface area contributed by atoms with Crippen LogP contribution in [0.1, 0.15) is 23.3 Å². The Labute approximate surface area is 156 Å². The van der Waals surface area contributed by atoms with Gasteiger partial charge in [0.15, 0.2) is 0 Å². The van der Waals surface area contributed by atoms with Gasteiger partial charge < -0.3 is 15.2 Å². The van der Waals surface area contributed by atoms with Crippen LogP contribution in [0.5, 0.6) is 0 Å². The number of aromatic amines is 1. The summed E-state index contributed by atoms with van der Waals surface area (Å²) in [6.45, 7) is 1.34. The zero-order valence-corrected chi connectivity index (χ0v) is 14.9. The van der Waals surface area contributed by atoms with Crippen LogP contribution < -0.4 is 5.32 Å². The standard InChI is InChI=1S/C20H19ClFN3O/c21-14-4-5-18-13(10-14)11-19(24-18)20(26)25-8-6-16(7-9-25)23-17-3-1-2-15(22)12-17/h1-5,10-12,16,23-24H,6-9H2. The van der Waals surface area contributed by atoms with Crippen LogP contribution in [0.25, 0.3) is 10.9 Å². The summed E-state index contributed by atoms with van der Waals surface area (Å²) in [5.74, 6) is -0.247. The number of aromatic nitrogens is 1. The molecule has 4 rings (SSSR count). The highest BCUT2D eigenvalue weighted by Gasteiger charge is 2.24. The van der Waals surface area contributed by atoms with E-state index >= 15 is 0 Å². The van der Waals surface area contributed by atoms with E-state index in [4.69, 9.17) is 11.6 Å². The number of rotatable bonds is 3. The zero-order valence-electron chi connectivity index (χ0n) is 14.1. The van der Waals surface area contributed by atoms with Crippen LogP contribution in [0.3, 0.4) is 0 Å². The molecule has 0 atom stereocenters. The molecule has 1 fully saturated rings. The lowest BCUT2D eigenvalue weighted by Crippen LogP contribution is -2.42. The first-order valence-corrected chi connectivity index (χ1v) is 9.06. The molecular weight excluding hydrogens is 353 g/mol. The molecule has 3 aromatic rings. The normalized spacial score (nSPS) is 15.4. The summed E-state index contributed by atoms with van der Waals surface area (Å²) < 4.78 is 13.3. The average molecular weight is 372 g/mol. The minimum atomic E-state index is -0.249. The maximum Gasteiger partial charge on any atom is 0.270 e. The van der Waals surface area contributed by atoms with E-state index in [-0.39, 0.29) is 17.8 Å². The summed E-state index contributed by atoms with van der Waals surface area (Å²) in [5.41, 5.74) is 2.27. The van der Waals surface area contributed by atoms with Crippen molar-refractivity contribution in [1.29, 1.82) is 0 Å². The van der Waals surface area contributed by atoms with Crippen LogP contribution in [-0.2, 0) is 0 Å².